The second kappa shape index (κ2) is 27.7. The zero-order valence-electron chi connectivity index (χ0n) is 32.2. The van der Waals surface area contributed by atoms with Gasteiger partial charge in [0, 0.05) is 13.2 Å². The van der Waals surface area contributed by atoms with Gasteiger partial charge in [-0.3, -0.25) is 0 Å². The van der Waals surface area contributed by atoms with Gasteiger partial charge in [-0.2, -0.15) is 0 Å². The normalized spacial score (nSPS) is 11.0. The van der Waals surface area contributed by atoms with Crippen LogP contribution in [0.5, 0.6) is 23.0 Å². The highest BCUT2D eigenvalue weighted by atomic mass is 16.5. The Morgan fingerprint density at radius 2 is 0.774 bits per heavy atom. The van der Waals surface area contributed by atoms with Gasteiger partial charge in [0.1, 0.15) is 23.0 Å². The maximum Gasteiger partial charge on any atom is 0.343 e. The molecule has 0 bridgehead atoms. The Labute approximate surface area is 318 Å². The molecule has 8 nitrogen and oxygen atoms in total. The van der Waals surface area contributed by atoms with E-state index in [0.717, 1.165) is 62.9 Å². The maximum absolute atomic E-state index is 12.8. The van der Waals surface area contributed by atoms with Crippen molar-refractivity contribution in [2.24, 2.45) is 0 Å². The molecule has 2 N–H and O–H groups in total. The number of carbonyl (C=O) groups is 2. The van der Waals surface area contributed by atoms with E-state index in [9.17, 15) is 9.59 Å². The van der Waals surface area contributed by atoms with Crippen LogP contribution in [0.25, 0.3) is 0 Å². The van der Waals surface area contributed by atoms with Crippen LogP contribution in [0.3, 0.4) is 0 Å². The number of aliphatic hydroxyl groups excluding tert-OH is 2. The minimum Gasteiger partial charge on any atom is -0.494 e. The van der Waals surface area contributed by atoms with Crippen LogP contribution in [0.4, 0.5) is 0 Å². The fraction of sp³-hybridized carbons (Fsp3) is 0.556. The van der Waals surface area contributed by atoms with Crippen molar-refractivity contribution in [3.05, 3.63) is 83.4 Å². The van der Waals surface area contributed by atoms with Crippen LogP contribution in [0, 0.1) is 6.92 Å². The topological polar surface area (TPSA) is 112 Å². The summed E-state index contributed by atoms with van der Waals surface area (Å²) in [4.78, 5) is 25.6. The zero-order valence-corrected chi connectivity index (χ0v) is 32.2. The van der Waals surface area contributed by atoms with Gasteiger partial charge in [0.05, 0.1) is 24.3 Å². The van der Waals surface area contributed by atoms with Crippen molar-refractivity contribution in [1.82, 2.24) is 0 Å². The van der Waals surface area contributed by atoms with Gasteiger partial charge in [-0.25, -0.2) is 9.59 Å². The monoisotopic (exact) mass is 732 g/mol. The summed E-state index contributed by atoms with van der Waals surface area (Å²) in [5.41, 5.74) is 1.51. The molecule has 3 aromatic rings. The minimum absolute atomic E-state index is 0.307. The smallest absolute Gasteiger partial charge is 0.343 e. The number of hydrogen-bond donors (Lipinski definition) is 2. The van der Waals surface area contributed by atoms with E-state index in [0.29, 0.717) is 54.6 Å². The molecule has 0 radical (unpaired) electrons. The number of esters is 2. The fourth-order valence-electron chi connectivity index (χ4n) is 6.14. The third-order valence-electron chi connectivity index (χ3n) is 9.38. The number of rotatable bonds is 30. The Bertz CT molecular complexity index is 1400. The zero-order chi connectivity index (χ0) is 37.8. The van der Waals surface area contributed by atoms with Gasteiger partial charge in [0.25, 0.3) is 0 Å². The molecule has 0 saturated heterocycles. The second-order valence-corrected chi connectivity index (χ2v) is 14.0. The Morgan fingerprint density at radius 1 is 0.434 bits per heavy atom. The van der Waals surface area contributed by atoms with E-state index in [1.165, 1.54) is 77.0 Å². The fourth-order valence-corrected chi connectivity index (χ4v) is 6.14. The Kier molecular flexibility index (Phi) is 22.7. The van der Waals surface area contributed by atoms with Crippen LogP contribution in [0.1, 0.15) is 155 Å². The molecule has 0 saturated carbocycles. The molecule has 0 fully saturated rings. The first kappa shape index (κ1) is 43.5. The van der Waals surface area contributed by atoms with Gasteiger partial charge in [-0.15, -0.1) is 0 Å². The third-order valence-corrected chi connectivity index (χ3v) is 9.38. The van der Waals surface area contributed by atoms with Crippen molar-refractivity contribution in [2.45, 2.75) is 135 Å². The summed E-state index contributed by atoms with van der Waals surface area (Å²) in [5.74, 6) is 1.25. The van der Waals surface area contributed by atoms with Crippen LogP contribution in [-0.4, -0.2) is 48.6 Å². The van der Waals surface area contributed by atoms with E-state index in [2.05, 4.69) is 0 Å². The highest BCUT2D eigenvalue weighted by Crippen LogP contribution is 2.26. The predicted octanol–water partition coefficient (Wildman–Crippen LogP) is 11.0. The quantitative estimate of drug-likeness (QED) is 0.0396. The summed E-state index contributed by atoms with van der Waals surface area (Å²) in [6, 6.07) is 18.9. The van der Waals surface area contributed by atoms with Gasteiger partial charge < -0.3 is 29.2 Å². The first-order chi connectivity index (χ1) is 26.0. The molecule has 0 aliphatic rings. The molecule has 8 heteroatoms. The second-order valence-electron chi connectivity index (χ2n) is 14.0. The van der Waals surface area contributed by atoms with E-state index in [1.807, 2.05) is 0 Å². The van der Waals surface area contributed by atoms with Gasteiger partial charge in [0.15, 0.2) is 0 Å². The van der Waals surface area contributed by atoms with Crippen LogP contribution < -0.4 is 18.9 Å². The molecule has 0 atom stereocenters. The summed E-state index contributed by atoms with van der Waals surface area (Å²) in [5, 5.41) is 17.7. The lowest BCUT2D eigenvalue weighted by atomic mass is 10.1. The molecule has 3 aromatic carbocycles. The predicted molar refractivity (Wildman–Crippen MR) is 211 cm³/mol. The van der Waals surface area contributed by atoms with Crippen LogP contribution in [0.2, 0.25) is 0 Å². The number of hydrogen-bond acceptors (Lipinski definition) is 8. The average Bonchev–Trinajstić information content (AvgIpc) is 3.17. The van der Waals surface area contributed by atoms with Crippen LogP contribution >= 0.6 is 0 Å². The molecule has 53 heavy (non-hydrogen) atoms. The van der Waals surface area contributed by atoms with E-state index in [4.69, 9.17) is 29.2 Å². The molecule has 0 heterocycles. The summed E-state index contributed by atoms with van der Waals surface area (Å²) in [6.45, 7) is 3.71. The average molecular weight is 733 g/mol. The molecule has 0 aromatic heterocycles. The van der Waals surface area contributed by atoms with E-state index in [1.54, 1.807) is 73.7 Å². The standard InChI is InChI=1S/C45H64O8/c1-37-36-42(52-44(48)38-22-26-40(27-23-38)50-34-20-16-12-8-4-2-6-10-14-18-32-46)30-31-43(37)53-45(49)39-24-28-41(29-25-39)51-35-21-17-13-9-5-3-7-11-15-19-33-47/h22-31,36,46-47H,2-21,32-35H2,1H3. The third kappa shape index (κ3) is 19.1. The SMILES string of the molecule is Cc1cc(OC(=O)c2ccc(OCCCCCCCCCCCCO)cc2)ccc1OC(=O)c1ccc(OCCCCCCCCCCCCO)cc1. The molecule has 292 valence electrons. The van der Waals surface area contributed by atoms with Crippen molar-refractivity contribution in [3.63, 3.8) is 0 Å². The van der Waals surface area contributed by atoms with Crippen molar-refractivity contribution < 1.29 is 38.7 Å². The first-order valence-electron chi connectivity index (χ1n) is 20.2. The lowest BCUT2D eigenvalue weighted by Crippen LogP contribution is -2.10. The van der Waals surface area contributed by atoms with Crippen molar-refractivity contribution in [1.29, 1.82) is 0 Å². The van der Waals surface area contributed by atoms with Crippen LogP contribution in [-0.2, 0) is 0 Å². The number of aryl methyl sites for hydroxylation is 1. The largest absolute Gasteiger partial charge is 0.494 e. The Balaban J connectivity index is 1.28. The van der Waals surface area contributed by atoms with Crippen LogP contribution in [0.15, 0.2) is 66.7 Å². The summed E-state index contributed by atoms with van der Waals surface area (Å²) in [6.07, 6.45) is 23.4. The molecular weight excluding hydrogens is 668 g/mol. The molecule has 3 rings (SSSR count). The van der Waals surface area contributed by atoms with Crippen molar-refractivity contribution in [2.75, 3.05) is 26.4 Å². The molecule has 0 aliphatic heterocycles. The van der Waals surface area contributed by atoms with E-state index in [-0.39, 0.29) is 0 Å². The Hall–Kier alpha value is -3.88. The van der Waals surface area contributed by atoms with Crippen molar-refractivity contribution in [3.8, 4) is 23.0 Å². The number of unbranched alkanes of at least 4 members (excludes halogenated alkanes) is 18. The van der Waals surface area contributed by atoms with Crippen molar-refractivity contribution >= 4 is 11.9 Å². The van der Waals surface area contributed by atoms with Gasteiger partial charge in [0.2, 0.25) is 0 Å². The number of ether oxygens (including phenoxy) is 4. The summed E-state index contributed by atoms with van der Waals surface area (Å²) in [7, 11) is 0. The van der Waals surface area contributed by atoms with Gasteiger partial charge in [-0.05, 0) is 105 Å². The minimum atomic E-state index is -0.478. The Morgan fingerprint density at radius 3 is 1.15 bits per heavy atom. The lowest BCUT2D eigenvalue weighted by molar-refractivity contribution is 0.0718. The van der Waals surface area contributed by atoms with E-state index < -0.39 is 11.9 Å². The lowest BCUT2D eigenvalue weighted by Gasteiger charge is -2.11. The molecule has 0 unspecified atom stereocenters. The van der Waals surface area contributed by atoms with E-state index >= 15 is 0 Å². The van der Waals surface area contributed by atoms with Gasteiger partial charge >= 0.3 is 11.9 Å². The first-order valence-corrected chi connectivity index (χ1v) is 20.2. The summed E-state index contributed by atoms with van der Waals surface area (Å²) >= 11 is 0. The maximum atomic E-state index is 12.8. The molecule has 0 aliphatic carbocycles. The highest BCUT2D eigenvalue weighted by Gasteiger charge is 2.14. The molecule has 0 amide bonds. The molecule has 0 spiro atoms. The number of aliphatic hydroxyl groups is 2. The van der Waals surface area contributed by atoms with Gasteiger partial charge in [-0.1, -0.05) is 103 Å². The summed E-state index contributed by atoms with van der Waals surface area (Å²) < 4.78 is 23.0. The highest BCUT2D eigenvalue weighted by molar-refractivity contribution is 5.92. The molecular formula is C45H64O8. The number of carbonyl (C=O) groups excluding carboxylic acids is 2. The number of benzene rings is 3.